The Labute approximate surface area is 177 Å². The number of piperidine rings is 1. The lowest BCUT2D eigenvalue weighted by atomic mass is 10.1. The quantitative estimate of drug-likeness (QED) is 0.627. The third-order valence-corrected chi connectivity index (χ3v) is 7.21. The fourth-order valence-corrected chi connectivity index (χ4v) is 5.17. The molecule has 0 saturated carbocycles. The van der Waals surface area contributed by atoms with E-state index in [2.05, 4.69) is 10.6 Å². The van der Waals surface area contributed by atoms with Gasteiger partial charge in [0.1, 0.15) is 0 Å². The lowest BCUT2D eigenvalue weighted by Gasteiger charge is -2.25. The first kappa shape index (κ1) is 20.4. The van der Waals surface area contributed by atoms with Crippen LogP contribution in [0.2, 0.25) is 0 Å². The number of nitrogens with zero attached hydrogens (tertiary/aromatic N) is 1. The van der Waals surface area contributed by atoms with Gasteiger partial charge in [-0.2, -0.15) is 4.31 Å². The van der Waals surface area contributed by atoms with Crippen molar-refractivity contribution in [1.29, 1.82) is 0 Å². The number of carbonyl (C=O) groups is 1. The largest absolute Gasteiger partial charge is 0.376 e. The van der Waals surface area contributed by atoms with E-state index in [1.807, 2.05) is 42.5 Å². The van der Waals surface area contributed by atoms with Gasteiger partial charge in [0.05, 0.1) is 11.4 Å². The Morgan fingerprint density at radius 2 is 1.50 bits per heavy atom. The summed E-state index contributed by atoms with van der Waals surface area (Å²) < 4.78 is 26.9. The SMILES string of the molecule is O=C(CNc1ccc2ccccc2c1)Nc1ccc(S(=O)(=O)N2CCCCC2)cc1. The predicted octanol–water partition coefficient (Wildman–Crippen LogP) is 4.07. The normalized spacial score (nSPS) is 15.1. The summed E-state index contributed by atoms with van der Waals surface area (Å²) in [7, 11) is -3.46. The smallest absolute Gasteiger partial charge is 0.243 e. The van der Waals surface area contributed by atoms with Gasteiger partial charge in [0.15, 0.2) is 0 Å². The van der Waals surface area contributed by atoms with Crippen LogP contribution in [0, 0.1) is 0 Å². The van der Waals surface area contributed by atoms with Crippen LogP contribution in [0.4, 0.5) is 11.4 Å². The molecule has 0 aromatic heterocycles. The average Bonchev–Trinajstić information content (AvgIpc) is 2.78. The molecule has 1 heterocycles. The molecule has 0 aliphatic carbocycles. The zero-order valence-corrected chi connectivity index (χ0v) is 17.5. The van der Waals surface area contributed by atoms with Crippen molar-refractivity contribution in [2.45, 2.75) is 24.2 Å². The summed E-state index contributed by atoms with van der Waals surface area (Å²) >= 11 is 0. The van der Waals surface area contributed by atoms with Crippen molar-refractivity contribution < 1.29 is 13.2 Å². The molecule has 1 aliphatic heterocycles. The molecule has 1 aliphatic rings. The van der Waals surface area contributed by atoms with E-state index in [1.165, 1.54) is 4.31 Å². The maximum Gasteiger partial charge on any atom is 0.243 e. The number of benzene rings is 3. The van der Waals surface area contributed by atoms with Crippen molar-refractivity contribution in [3.05, 3.63) is 66.7 Å². The highest BCUT2D eigenvalue weighted by Gasteiger charge is 2.25. The number of anilines is 2. The van der Waals surface area contributed by atoms with E-state index in [0.29, 0.717) is 18.8 Å². The van der Waals surface area contributed by atoms with Gasteiger partial charge in [0.25, 0.3) is 0 Å². The Bertz CT molecular complexity index is 1140. The van der Waals surface area contributed by atoms with Gasteiger partial charge < -0.3 is 10.6 Å². The van der Waals surface area contributed by atoms with Gasteiger partial charge >= 0.3 is 0 Å². The summed E-state index contributed by atoms with van der Waals surface area (Å²) in [6.45, 7) is 1.26. The summed E-state index contributed by atoms with van der Waals surface area (Å²) in [5.74, 6) is -0.199. The van der Waals surface area contributed by atoms with Gasteiger partial charge in [-0.15, -0.1) is 0 Å². The second-order valence-electron chi connectivity index (χ2n) is 7.45. The monoisotopic (exact) mass is 423 g/mol. The number of hydrogen-bond donors (Lipinski definition) is 2. The number of carbonyl (C=O) groups excluding carboxylic acids is 1. The first-order chi connectivity index (χ1) is 14.5. The molecule has 0 atom stereocenters. The number of rotatable bonds is 6. The second kappa shape index (κ2) is 8.85. The van der Waals surface area contributed by atoms with E-state index >= 15 is 0 Å². The lowest BCUT2D eigenvalue weighted by Crippen LogP contribution is -2.35. The molecule has 3 aromatic rings. The summed E-state index contributed by atoms with van der Waals surface area (Å²) in [4.78, 5) is 12.5. The summed E-state index contributed by atoms with van der Waals surface area (Å²) in [5, 5.41) is 8.17. The molecule has 1 fully saturated rings. The van der Waals surface area contributed by atoms with Gasteiger partial charge in [-0.05, 0) is 60.0 Å². The van der Waals surface area contributed by atoms with Crippen molar-refractivity contribution in [2.24, 2.45) is 0 Å². The van der Waals surface area contributed by atoms with Crippen molar-refractivity contribution in [1.82, 2.24) is 4.31 Å². The number of fused-ring (bicyclic) bond motifs is 1. The molecule has 4 rings (SSSR count). The first-order valence-corrected chi connectivity index (χ1v) is 11.6. The maximum absolute atomic E-state index is 12.7. The van der Waals surface area contributed by atoms with Crippen LogP contribution in [-0.4, -0.2) is 38.3 Å². The third kappa shape index (κ3) is 4.63. The highest BCUT2D eigenvalue weighted by atomic mass is 32.2. The van der Waals surface area contributed by atoms with E-state index in [9.17, 15) is 13.2 Å². The highest BCUT2D eigenvalue weighted by Crippen LogP contribution is 2.22. The van der Waals surface area contributed by atoms with Crippen LogP contribution in [-0.2, 0) is 14.8 Å². The molecular formula is C23H25N3O3S. The van der Waals surface area contributed by atoms with Gasteiger partial charge in [-0.25, -0.2) is 8.42 Å². The summed E-state index contributed by atoms with van der Waals surface area (Å²) in [6, 6.07) is 20.4. The number of amides is 1. The molecule has 30 heavy (non-hydrogen) atoms. The Morgan fingerprint density at radius 1 is 0.833 bits per heavy atom. The van der Waals surface area contributed by atoms with Crippen LogP contribution in [0.15, 0.2) is 71.6 Å². The Hall–Kier alpha value is -2.90. The molecule has 7 heteroatoms. The van der Waals surface area contributed by atoms with Crippen LogP contribution in [0.25, 0.3) is 10.8 Å². The van der Waals surface area contributed by atoms with Crippen LogP contribution in [0.3, 0.4) is 0 Å². The Balaban J connectivity index is 1.35. The molecule has 6 nitrogen and oxygen atoms in total. The molecule has 0 radical (unpaired) electrons. The van der Waals surface area contributed by atoms with E-state index in [-0.39, 0.29) is 17.3 Å². The topological polar surface area (TPSA) is 78.5 Å². The van der Waals surface area contributed by atoms with Crippen LogP contribution in [0.5, 0.6) is 0 Å². The number of hydrogen-bond acceptors (Lipinski definition) is 4. The first-order valence-electron chi connectivity index (χ1n) is 10.2. The van der Waals surface area contributed by atoms with Crippen molar-refractivity contribution >= 4 is 38.1 Å². The molecule has 0 bridgehead atoms. The Morgan fingerprint density at radius 3 is 2.23 bits per heavy atom. The fourth-order valence-electron chi connectivity index (χ4n) is 3.65. The maximum atomic E-state index is 12.7. The predicted molar refractivity (Wildman–Crippen MR) is 120 cm³/mol. The number of sulfonamides is 1. The van der Waals surface area contributed by atoms with E-state index < -0.39 is 10.0 Å². The van der Waals surface area contributed by atoms with E-state index in [4.69, 9.17) is 0 Å². The van der Waals surface area contributed by atoms with Crippen LogP contribution in [0.1, 0.15) is 19.3 Å². The van der Waals surface area contributed by atoms with Gasteiger partial charge in [0.2, 0.25) is 15.9 Å². The van der Waals surface area contributed by atoms with Crippen molar-refractivity contribution in [3.63, 3.8) is 0 Å². The molecule has 1 saturated heterocycles. The molecule has 1 amide bonds. The Kier molecular flexibility index (Phi) is 6.01. The average molecular weight is 424 g/mol. The third-order valence-electron chi connectivity index (χ3n) is 5.29. The summed E-state index contributed by atoms with van der Waals surface area (Å²) in [6.07, 6.45) is 2.87. The molecule has 0 unspecified atom stereocenters. The minimum atomic E-state index is -3.46. The minimum absolute atomic E-state index is 0.117. The molecular weight excluding hydrogens is 398 g/mol. The zero-order valence-electron chi connectivity index (χ0n) is 16.7. The molecule has 3 aromatic carbocycles. The van der Waals surface area contributed by atoms with Crippen LogP contribution < -0.4 is 10.6 Å². The van der Waals surface area contributed by atoms with Crippen molar-refractivity contribution in [2.75, 3.05) is 30.3 Å². The van der Waals surface area contributed by atoms with Crippen molar-refractivity contribution in [3.8, 4) is 0 Å². The zero-order chi connectivity index (χ0) is 21.0. The summed E-state index contributed by atoms with van der Waals surface area (Å²) in [5.41, 5.74) is 1.43. The fraction of sp³-hybridized carbons (Fsp3) is 0.261. The molecule has 2 N–H and O–H groups in total. The van der Waals surface area contributed by atoms with Gasteiger partial charge in [-0.1, -0.05) is 36.8 Å². The van der Waals surface area contributed by atoms with E-state index in [0.717, 1.165) is 35.7 Å². The van der Waals surface area contributed by atoms with Crippen LogP contribution >= 0.6 is 0 Å². The lowest BCUT2D eigenvalue weighted by molar-refractivity contribution is -0.114. The molecule has 156 valence electrons. The number of nitrogens with one attached hydrogen (secondary N) is 2. The van der Waals surface area contributed by atoms with E-state index in [1.54, 1.807) is 24.3 Å². The second-order valence-corrected chi connectivity index (χ2v) is 9.39. The minimum Gasteiger partial charge on any atom is -0.376 e. The standard InChI is InChI=1S/C23H25N3O3S/c27-23(17-24-21-9-8-18-6-2-3-7-19(18)16-21)25-20-10-12-22(13-11-20)30(28,29)26-14-4-1-5-15-26/h2-3,6-13,16,24H,1,4-5,14-15,17H2,(H,25,27). The highest BCUT2D eigenvalue weighted by molar-refractivity contribution is 7.89. The molecule has 0 spiro atoms. The van der Waals surface area contributed by atoms with Gasteiger partial charge in [0, 0.05) is 24.5 Å². The van der Waals surface area contributed by atoms with Gasteiger partial charge in [-0.3, -0.25) is 4.79 Å².